The highest BCUT2D eigenvalue weighted by Crippen LogP contribution is 2.19. The third-order valence-electron chi connectivity index (χ3n) is 3.53. The lowest BCUT2D eigenvalue weighted by atomic mass is 9.97. The van der Waals surface area contributed by atoms with Crippen molar-refractivity contribution in [3.63, 3.8) is 0 Å². The molecule has 1 aliphatic rings. The molecule has 0 spiro atoms. The summed E-state index contributed by atoms with van der Waals surface area (Å²) in [5, 5.41) is 2.87. The van der Waals surface area contributed by atoms with Crippen molar-refractivity contribution in [1.82, 2.24) is 5.32 Å². The second-order valence-corrected chi connectivity index (χ2v) is 5.11. The van der Waals surface area contributed by atoms with E-state index in [4.69, 9.17) is 4.42 Å². The Morgan fingerprint density at radius 3 is 2.85 bits per heavy atom. The van der Waals surface area contributed by atoms with Crippen LogP contribution in [0, 0.1) is 0 Å². The predicted molar refractivity (Wildman–Crippen MR) is 76.5 cm³/mol. The van der Waals surface area contributed by atoms with E-state index in [1.807, 2.05) is 0 Å². The molecule has 4 nitrogen and oxygen atoms in total. The highest BCUT2D eigenvalue weighted by atomic mass is 16.3. The van der Waals surface area contributed by atoms with Gasteiger partial charge < -0.3 is 9.73 Å². The van der Waals surface area contributed by atoms with Crippen LogP contribution < -0.4 is 5.32 Å². The Bertz CT molecular complexity index is 474. The van der Waals surface area contributed by atoms with Crippen molar-refractivity contribution >= 4 is 11.7 Å². The van der Waals surface area contributed by atoms with E-state index in [0.717, 1.165) is 12.8 Å². The van der Waals surface area contributed by atoms with Gasteiger partial charge >= 0.3 is 0 Å². The number of furan rings is 1. The molecule has 0 saturated heterocycles. The van der Waals surface area contributed by atoms with Gasteiger partial charge in [-0.1, -0.05) is 11.6 Å². The fourth-order valence-corrected chi connectivity index (χ4v) is 2.37. The first kappa shape index (κ1) is 14.6. The smallest absolute Gasteiger partial charge is 0.220 e. The zero-order valence-electron chi connectivity index (χ0n) is 11.7. The minimum Gasteiger partial charge on any atom is -0.461 e. The average molecular weight is 275 g/mol. The number of carbonyl (C=O) groups is 2. The van der Waals surface area contributed by atoms with Gasteiger partial charge in [-0.25, -0.2) is 0 Å². The summed E-state index contributed by atoms with van der Waals surface area (Å²) in [6.45, 7) is 0.666. The van der Waals surface area contributed by atoms with E-state index in [-0.39, 0.29) is 24.5 Å². The highest BCUT2D eigenvalue weighted by molar-refractivity contribution is 5.95. The fourth-order valence-electron chi connectivity index (χ4n) is 2.37. The number of Topliss-reactive ketones (excluding diaryl/α,β-unsaturated/α-hetero) is 1. The molecular formula is C16H21NO3. The molecule has 1 N–H and O–H groups in total. The summed E-state index contributed by atoms with van der Waals surface area (Å²) in [7, 11) is 0. The third kappa shape index (κ3) is 4.68. The number of nitrogens with one attached hydrogen (secondary N) is 1. The Labute approximate surface area is 119 Å². The maximum absolute atomic E-state index is 11.6. The minimum atomic E-state index is -0.125. The van der Waals surface area contributed by atoms with Crippen molar-refractivity contribution in [2.75, 3.05) is 6.54 Å². The normalized spacial score (nSPS) is 14.7. The quantitative estimate of drug-likeness (QED) is 0.614. The lowest BCUT2D eigenvalue weighted by Crippen LogP contribution is -2.25. The molecule has 0 fully saturated rings. The summed E-state index contributed by atoms with van der Waals surface area (Å²) in [4.78, 5) is 23.3. The van der Waals surface area contributed by atoms with E-state index in [9.17, 15) is 9.59 Å². The van der Waals surface area contributed by atoms with Crippen LogP contribution in [0.15, 0.2) is 34.5 Å². The molecular weight excluding hydrogens is 254 g/mol. The van der Waals surface area contributed by atoms with Gasteiger partial charge in [0.1, 0.15) is 0 Å². The molecule has 0 radical (unpaired) electrons. The van der Waals surface area contributed by atoms with Gasteiger partial charge in [0, 0.05) is 19.4 Å². The number of allylic oxidation sites excluding steroid dienone is 1. The van der Waals surface area contributed by atoms with Crippen LogP contribution >= 0.6 is 0 Å². The van der Waals surface area contributed by atoms with Crippen LogP contribution in [-0.2, 0) is 4.79 Å². The van der Waals surface area contributed by atoms with Crippen LogP contribution in [0.2, 0.25) is 0 Å². The maximum Gasteiger partial charge on any atom is 0.220 e. The number of ketones is 1. The molecule has 20 heavy (non-hydrogen) atoms. The predicted octanol–water partition coefficient (Wildman–Crippen LogP) is 3.25. The number of hydrogen-bond acceptors (Lipinski definition) is 3. The molecule has 1 aromatic heterocycles. The largest absolute Gasteiger partial charge is 0.461 e. The van der Waals surface area contributed by atoms with Crippen molar-refractivity contribution in [3.05, 3.63) is 35.8 Å². The maximum atomic E-state index is 11.6. The van der Waals surface area contributed by atoms with E-state index in [2.05, 4.69) is 11.4 Å². The second-order valence-electron chi connectivity index (χ2n) is 5.11. The number of carbonyl (C=O) groups excluding carboxylic acids is 2. The van der Waals surface area contributed by atoms with Gasteiger partial charge in [-0.2, -0.15) is 0 Å². The SMILES string of the molecule is O=C(CCC(=O)c1ccco1)NCCC1=CCCCC1. The van der Waals surface area contributed by atoms with Crippen LogP contribution in [0.3, 0.4) is 0 Å². The van der Waals surface area contributed by atoms with Gasteiger partial charge in [0.2, 0.25) is 5.91 Å². The van der Waals surface area contributed by atoms with Gasteiger partial charge in [-0.05, 0) is 44.2 Å². The van der Waals surface area contributed by atoms with Crippen LogP contribution in [0.4, 0.5) is 0 Å². The summed E-state index contributed by atoms with van der Waals surface area (Å²) in [5.74, 6) is 0.131. The van der Waals surface area contributed by atoms with E-state index in [1.54, 1.807) is 12.1 Å². The first-order chi connectivity index (χ1) is 9.75. The van der Waals surface area contributed by atoms with Gasteiger partial charge in [-0.3, -0.25) is 9.59 Å². The summed E-state index contributed by atoms with van der Waals surface area (Å²) in [5.41, 5.74) is 1.45. The van der Waals surface area contributed by atoms with Crippen molar-refractivity contribution < 1.29 is 14.0 Å². The molecule has 1 aliphatic carbocycles. The van der Waals surface area contributed by atoms with Crippen molar-refractivity contribution in [1.29, 1.82) is 0 Å². The van der Waals surface area contributed by atoms with E-state index >= 15 is 0 Å². The summed E-state index contributed by atoms with van der Waals surface area (Å²) >= 11 is 0. The van der Waals surface area contributed by atoms with Crippen LogP contribution in [0.5, 0.6) is 0 Å². The third-order valence-corrected chi connectivity index (χ3v) is 3.53. The minimum absolute atomic E-state index is 0.0682. The zero-order valence-corrected chi connectivity index (χ0v) is 11.7. The van der Waals surface area contributed by atoms with Crippen molar-refractivity contribution in [3.8, 4) is 0 Å². The Hall–Kier alpha value is -1.84. The molecule has 1 amide bonds. The molecule has 4 heteroatoms. The van der Waals surface area contributed by atoms with Gasteiger partial charge in [0.15, 0.2) is 11.5 Å². The fraction of sp³-hybridized carbons (Fsp3) is 0.500. The van der Waals surface area contributed by atoms with Crippen LogP contribution in [0.1, 0.15) is 55.5 Å². The van der Waals surface area contributed by atoms with Gasteiger partial charge in [-0.15, -0.1) is 0 Å². The molecule has 0 aromatic carbocycles. The molecule has 1 aromatic rings. The standard InChI is InChI=1S/C16H21NO3/c18-14(15-7-4-12-20-15)8-9-16(19)17-11-10-13-5-2-1-3-6-13/h4-5,7,12H,1-3,6,8-11H2,(H,17,19). The van der Waals surface area contributed by atoms with Crippen molar-refractivity contribution in [2.24, 2.45) is 0 Å². The number of hydrogen-bond donors (Lipinski definition) is 1. The molecule has 1 heterocycles. The number of amides is 1. The van der Waals surface area contributed by atoms with Crippen LogP contribution in [0.25, 0.3) is 0 Å². The zero-order chi connectivity index (χ0) is 14.2. The number of rotatable bonds is 7. The molecule has 0 saturated carbocycles. The Balaban J connectivity index is 1.60. The Kier molecular flexibility index (Phi) is 5.59. The van der Waals surface area contributed by atoms with Gasteiger partial charge in [0.05, 0.1) is 6.26 Å². The Morgan fingerprint density at radius 1 is 1.25 bits per heavy atom. The lowest BCUT2D eigenvalue weighted by Gasteiger charge is -2.12. The summed E-state index contributed by atoms with van der Waals surface area (Å²) in [6, 6.07) is 3.29. The van der Waals surface area contributed by atoms with Crippen LogP contribution in [-0.4, -0.2) is 18.2 Å². The summed E-state index contributed by atoms with van der Waals surface area (Å²) in [6.07, 6.45) is 9.97. The Morgan fingerprint density at radius 2 is 2.15 bits per heavy atom. The molecule has 2 rings (SSSR count). The first-order valence-electron chi connectivity index (χ1n) is 7.27. The van der Waals surface area contributed by atoms with E-state index < -0.39 is 0 Å². The summed E-state index contributed by atoms with van der Waals surface area (Å²) < 4.78 is 5.00. The average Bonchev–Trinajstić information content (AvgIpc) is 3.00. The lowest BCUT2D eigenvalue weighted by molar-refractivity contribution is -0.121. The first-order valence-corrected chi connectivity index (χ1v) is 7.27. The molecule has 108 valence electrons. The molecule has 0 unspecified atom stereocenters. The topological polar surface area (TPSA) is 59.3 Å². The van der Waals surface area contributed by atoms with Crippen molar-refractivity contribution in [2.45, 2.75) is 44.9 Å². The monoisotopic (exact) mass is 275 g/mol. The van der Waals surface area contributed by atoms with E-state index in [1.165, 1.54) is 31.1 Å². The highest BCUT2D eigenvalue weighted by Gasteiger charge is 2.11. The van der Waals surface area contributed by atoms with E-state index in [0.29, 0.717) is 12.3 Å². The molecule has 0 atom stereocenters. The molecule has 0 aliphatic heterocycles. The second kappa shape index (κ2) is 7.68. The molecule has 0 bridgehead atoms. The van der Waals surface area contributed by atoms with Gasteiger partial charge in [0.25, 0.3) is 0 Å².